The van der Waals surface area contributed by atoms with Crippen molar-refractivity contribution in [2.45, 2.75) is 77.5 Å². The topological polar surface area (TPSA) is 44.8 Å². The summed E-state index contributed by atoms with van der Waals surface area (Å²) >= 11 is 0. The molecule has 1 atom stereocenters. The molecule has 0 bridgehead atoms. The Morgan fingerprint density at radius 2 is 1.78 bits per heavy atom. The highest BCUT2D eigenvalue weighted by molar-refractivity contribution is 5.68. The number of amides is 1. The maximum Gasteiger partial charge on any atom is 0.407 e. The number of nitrogens with zero attached hydrogens (tertiary/aromatic N) is 2. The van der Waals surface area contributed by atoms with E-state index in [-0.39, 0.29) is 12.1 Å². The Balaban J connectivity index is 1.63. The number of piperidine rings is 2. The van der Waals surface area contributed by atoms with Crippen LogP contribution in [0.3, 0.4) is 0 Å². The Kier molecular flexibility index (Phi) is 6.72. The van der Waals surface area contributed by atoms with Gasteiger partial charge >= 0.3 is 6.09 Å². The van der Waals surface area contributed by atoms with Crippen molar-refractivity contribution in [1.29, 1.82) is 0 Å². The number of hydrogen-bond donors (Lipinski definition) is 1. The number of hydrogen-bond acceptors (Lipinski definition) is 4. The molecular formula is C18H35N3O2. The lowest BCUT2D eigenvalue weighted by atomic mass is 10.0. The molecular weight excluding hydrogens is 290 g/mol. The first kappa shape index (κ1) is 18.5. The summed E-state index contributed by atoms with van der Waals surface area (Å²) in [6, 6.07) is 1.00. The molecule has 5 heteroatoms. The largest absolute Gasteiger partial charge is 0.444 e. The zero-order chi connectivity index (χ0) is 16.9. The van der Waals surface area contributed by atoms with Crippen molar-refractivity contribution < 1.29 is 9.53 Å². The monoisotopic (exact) mass is 325 g/mol. The third-order valence-electron chi connectivity index (χ3n) is 4.95. The summed E-state index contributed by atoms with van der Waals surface area (Å²) in [5.41, 5.74) is -0.421. The van der Waals surface area contributed by atoms with E-state index in [2.05, 4.69) is 22.0 Å². The molecule has 2 aliphatic rings. The first-order valence-electron chi connectivity index (χ1n) is 9.29. The molecule has 0 radical (unpaired) electrons. The first-order valence-corrected chi connectivity index (χ1v) is 9.29. The van der Waals surface area contributed by atoms with Gasteiger partial charge < -0.3 is 15.0 Å². The SMILES string of the molecule is C[C@H]1CCCCN1CCN1CCC(NC(=O)OC(C)(C)C)CC1. The molecule has 2 rings (SSSR count). The highest BCUT2D eigenvalue weighted by atomic mass is 16.6. The lowest BCUT2D eigenvalue weighted by molar-refractivity contribution is 0.0474. The van der Waals surface area contributed by atoms with Gasteiger partial charge in [0.1, 0.15) is 5.60 Å². The van der Waals surface area contributed by atoms with Crippen LogP contribution >= 0.6 is 0 Å². The molecule has 23 heavy (non-hydrogen) atoms. The van der Waals surface area contributed by atoms with E-state index in [1.54, 1.807) is 0 Å². The van der Waals surface area contributed by atoms with Gasteiger partial charge in [-0.1, -0.05) is 6.42 Å². The van der Waals surface area contributed by atoms with Crippen LogP contribution in [-0.4, -0.2) is 66.3 Å². The van der Waals surface area contributed by atoms with Gasteiger partial charge in [-0.05, 0) is 59.9 Å². The fourth-order valence-corrected chi connectivity index (χ4v) is 3.53. The Bertz CT molecular complexity index is 373. The number of carbonyl (C=O) groups is 1. The lowest BCUT2D eigenvalue weighted by Crippen LogP contribution is -2.48. The molecule has 0 saturated carbocycles. The van der Waals surface area contributed by atoms with Crippen LogP contribution in [0.15, 0.2) is 0 Å². The summed E-state index contributed by atoms with van der Waals surface area (Å²) in [7, 11) is 0. The lowest BCUT2D eigenvalue weighted by Gasteiger charge is -2.37. The Hall–Kier alpha value is -0.810. The highest BCUT2D eigenvalue weighted by Crippen LogP contribution is 2.17. The Labute approximate surface area is 141 Å². The number of nitrogens with one attached hydrogen (secondary N) is 1. The first-order chi connectivity index (χ1) is 10.8. The van der Waals surface area contributed by atoms with Gasteiger partial charge in [0.25, 0.3) is 0 Å². The standard InChI is InChI=1S/C18H35N3O2/c1-15-7-5-6-10-21(15)14-13-20-11-8-16(9-12-20)19-17(22)23-18(2,3)4/h15-16H,5-14H2,1-4H3,(H,19,22)/t15-/m0/s1. The molecule has 5 nitrogen and oxygen atoms in total. The van der Waals surface area contributed by atoms with Crippen LogP contribution in [0, 0.1) is 0 Å². The molecule has 0 unspecified atom stereocenters. The fraction of sp³-hybridized carbons (Fsp3) is 0.944. The third kappa shape index (κ3) is 6.68. The predicted octanol–water partition coefficient (Wildman–Crippen LogP) is 2.85. The van der Waals surface area contributed by atoms with Crippen LogP contribution in [0.25, 0.3) is 0 Å². The molecule has 134 valence electrons. The number of alkyl carbamates (subject to hydrolysis) is 1. The van der Waals surface area contributed by atoms with Crippen molar-refractivity contribution in [1.82, 2.24) is 15.1 Å². The van der Waals surface area contributed by atoms with Crippen LogP contribution in [0.2, 0.25) is 0 Å². The fourth-order valence-electron chi connectivity index (χ4n) is 3.53. The quantitative estimate of drug-likeness (QED) is 0.863. The number of ether oxygens (including phenoxy) is 1. The molecule has 0 aromatic heterocycles. The smallest absolute Gasteiger partial charge is 0.407 e. The van der Waals surface area contributed by atoms with E-state index >= 15 is 0 Å². The molecule has 0 aromatic rings. The van der Waals surface area contributed by atoms with E-state index in [1.165, 1.54) is 32.4 Å². The molecule has 0 aliphatic carbocycles. The van der Waals surface area contributed by atoms with E-state index in [4.69, 9.17) is 4.74 Å². The van der Waals surface area contributed by atoms with Gasteiger partial charge in [0.15, 0.2) is 0 Å². The van der Waals surface area contributed by atoms with Gasteiger partial charge in [-0.2, -0.15) is 0 Å². The van der Waals surface area contributed by atoms with E-state index in [9.17, 15) is 4.79 Å². The summed E-state index contributed by atoms with van der Waals surface area (Å²) in [6.07, 6.45) is 5.86. The second-order valence-electron chi connectivity index (χ2n) is 8.14. The number of carbonyl (C=O) groups excluding carboxylic acids is 1. The molecule has 1 amide bonds. The second-order valence-corrected chi connectivity index (χ2v) is 8.14. The van der Waals surface area contributed by atoms with E-state index in [0.29, 0.717) is 0 Å². The number of rotatable bonds is 4. The third-order valence-corrected chi connectivity index (χ3v) is 4.95. The Morgan fingerprint density at radius 1 is 1.09 bits per heavy atom. The maximum atomic E-state index is 11.8. The van der Waals surface area contributed by atoms with Gasteiger partial charge in [-0.15, -0.1) is 0 Å². The van der Waals surface area contributed by atoms with E-state index < -0.39 is 5.60 Å². The van der Waals surface area contributed by atoms with Crippen LogP contribution in [0.1, 0.15) is 59.8 Å². The van der Waals surface area contributed by atoms with Crippen LogP contribution < -0.4 is 5.32 Å². The maximum absolute atomic E-state index is 11.8. The van der Waals surface area contributed by atoms with Gasteiger partial charge in [0.05, 0.1) is 0 Å². The average Bonchev–Trinajstić information content (AvgIpc) is 2.46. The van der Waals surface area contributed by atoms with Crippen molar-refractivity contribution in [3.05, 3.63) is 0 Å². The van der Waals surface area contributed by atoms with Gasteiger partial charge in [0, 0.05) is 38.3 Å². The van der Waals surface area contributed by atoms with Crippen molar-refractivity contribution >= 4 is 6.09 Å². The highest BCUT2D eigenvalue weighted by Gasteiger charge is 2.24. The molecule has 2 heterocycles. The van der Waals surface area contributed by atoms with Crippen LogP contribution in [0.5, 0.6) is 0 Å². The summed E-state index contributed by atoms with van der Waals surface area (Å²) in [4.78, 5) is 17.0. The molecule has 0 aromatic carbocycles. The normalized spacial score (nSPS) is 25.3. The Morgan fingerprint density at radius 3 is 2.39 bits per heavy atom. The minimum atomic E-state index is -0.421. The molecule has 2 aliphatic heterocycles. The van der Waals surface area contributed by atoms with Gasteiger partial charge in [-0.3, -0.25) is 4.90 Å². The summed E-state index contributed by atoms with van der Waals surface area (Å²) in [5, 5.41) is 3.01. The zero-order valence-electron chi connectivity index (χ0n) is 15.4. The summed E-state index contributed by atoms with van der Waals surface area (Å²) < 4.78 is 5.34. The van der Waals surface area contributed by atoms with Crippen molar-refractivity contribution in [2.75, 3.05) is 32.7 Å². The summed E-state index contributed by atoms with van der Waals surface area (Å²) in [6.45, 7) is 13.8. The summed E-state index contributed by atoms with van der Waals surface area (Å²) in [5.74, 6) is 0. The van der Waals surface area contributed by atoms with Crippen molar-refractivity contribution in [3.8, 4) is 0 Å². The minimum absolute atomic E-state index is 0.259. The average molecular weight is 325 g/mol. The van der Waals surface area contributed by atoms with Gasteiger partial charge in [0.2, 0.25) is 0 Å². The second kappa shape index (κ2) is 8.34. The molecule has 1 N–H and O–H groups in total. The van der Waals surface area contributed by atoms with Gasteiger partial charge in [-0.25, -0.2) is 4.79 Å². The molecule has 2 fully saturated rings. The van der Waals surface area contributed by atoms with E-state index in [1.807, 2.05) is 20.8 Å². The molecule has 2 saturated heterocycles. The predicted molar refractivity (Wildman–Crippen MR) is 93.7 cm³/mol. The van der Waals surface area contributed by atoms with Crippen LogP contribution in [-0.2, 0) is 4.74 Å². The molecule has 0 spiro atoms. The van der Waals surface area contributed by atoms with Crippen molar-refractivity contribution in [2.24, 2.45) is 0 Å². The van der Waals surface area contributed by atoms with E-state index in [0.717, 1.165) is 38.5 Å². The number of likely N-dealkylation sites (tertiary alicyclic amines) is 2. The van der Waals surface area contributed by atoms with Crippen LogP contribution in [0.4, 0.5) is 4.79 Å². The zero-order valence-corrected chi connectivity index (χ0v) is 15.4. The minimum Gasteiger partial charge on any atom is -0.444 e. The van der Waals surface area contributed by atoms with Crippen molar-refractivity contribution in [3.63, 3.8) is 0 Å².